The average molecular weight is 729 g/mol. The topological polar surface area (TPSA) is 56.7 Å². The summed E-state index contributed by atoms with van der Waals surface area (Å²) in [5, 5.41) is 1.53. The Hall–Kier alpha value is -7.63. The van der Waals surface area contributed by atoms with Gasteiger partial charge >= 0.3 is 0 Å². The molecule has 0 fully saturated rings. The van der Waals surface area contributed by atoms with Crippen molar-refractivity contribution in [3.8, 4) is 62.1 Å². The van der Waals surface area contributed by atoms with Crippen LogP contribution in [0.25, 0.3) is 106 Å². The van der Waals surface area contributed by atoms with Gasteiger partial charge in [-0.2, -0.15) is 0 Å². The summed E-state index contributed by atoms with van der Waals surface area (Å²) < 4.78 is 115. The monoisotopic (exact) mass is 728 g/mol. The van der Waals surface area contributed by atoms with Crippen molar-refractivity contribution in [2.75, 3.05) is 0 Å². The third-order valence-electron chi connectivity index (χ3n) is 9.85. The molecule has 0 unspecified atom stereocenters. The maximum Gasteiger partial charge on any atom is 0.164 e. The van der Waals surface area contributed by atoms with E-state index >= 15 is 0 Å². The number of rotatable bonds is 6. The second-order valence-electron chi connectivity index (χ2n) is 13.1. The molecule has 0 aliphatic carbocycles. The standard InChI is InChI=1S/C51H32N4O/c1-4-15-33(16-5-1)38-23-14-25-45-48(38)40-22-10-12-24-43(40)55(45)44-29-27-36(31-41(44)34-17-6-2-7-18-34)50-52-49(35-19-8-3-9-20-35)53-51(54-50)37-28-30-47-42(32-37)39-21-11-13-26-46(39)56-47/h1-32H/i1D,4D,5D,10D,12D,14D,15D,16D,22D,23D,24D,25D. The van der Waals surface area contributed by atoms with Gasteiger partial charge in [0.25, 0.3) is 0 Å². The molecule has 0 spiro atoms. The predicted molar refractivity (Wildman–Crippen MR) is 229 cm³/mol. The normalized spacial score (nSPS) is 14.6. The maximum atomic E-state index is 9.46. The van der Waals surface area contributed by atoms with Crippen LogP contribution in [0.1, 0.15) is 16.4 Å². The van der Waals surface area contributed by atoms with Crippen molar-refractivity contribution in [2.24, 2.45) is 0 Å². The van der Waals surface area contributed by atoms with Crippen LogP contribution in [0.15, 0.2) is 198 Å². The van der Waals surface area contributed by atoms with Gasteiger partial charge in [-0.1, -0.05) is 139 Å². The van der Waals surface area contributed by atoms with Crippen LogP contribution in [0.5, 0.6) is 0 Å². The van der Waals surface area contributed by atoms with Gasteiger partial charge in [-0.25, -0.2) is 15.0 Å². The van der Waals surface area contributed by atoms with Crippen molar-refractivity contribution in [2.45, 2.75) is 0 Å². The van der Waals surface area contributed by atoms with Crippen molar-refractivity contribution < 1.29 is 20.9 Å². The Labute approximate surface area is 339 Å². The summed E-state index contributed by atoms with van der Waals surface area (Å²) in [6.45, 7) is 0. The van der Waals surface area contributed by atoms with Crippen LogP contribution in [-0.2, 0) is 0 Å². The van der Waals surface area contributed by atoms with E-state index in [2.05, 4.69) is 0 Å². The van der Waals surface area contributed by atoms with E-state index in [0.717, 1.165) is 21.9 Å². The molecule has 56 heavy (non-hydrogen) atoms. The van der Waals surface area contributed by atoms with Gasteiger partial charge in [0.1, 0.15) is 11.2 Å². The first-order valence-corrected chi connectivity index (χ1v) is 17.8. The Morgan fingerprint density at radius 1 is 0.411 bits per heavy atom. The van der Waals surface area contributed by atoms with Crippen molar-refractivity contribution in [3.63, 3.8) is 0 Å². The Bertz CT molecular complexity index is 3920. The molecule has 3 aromatic heterocycles. The molecule has 0 atom stereocenters. The van der Waals surface area contributed by atoms with E-state index in [4.69, 9.17) is 30.3 Å². The van der Waals surface area contributed by atoms with Crippen LogP contribution in [0, 0.1) is 0 Å². The highest BCUT2D eigenvalue weighted by atomic mass is 16.3. The summed E-state index contributed by atoms with van der Waals surface area (Å²) in [7, 11) is 0. The van der Waals surface area contributed by atoms with E-state index in [1.54, 1.807) is 12.1 Å². The minimum atomic E-state index is -0.699. The van der Waals surface area contributed by atoms with Crippen LogP contribution < -0.4 is 0 Å². The average Bonchev–Trinajstić information content (AvgIpc) is 3.93. The Kier molecular flexibility index (Phi) is 5.10. The summed E-state index contributed by atoms with van der Waals surface area (Å²) in [4.78, 5) is 15.0. The second-order valence-corrected chi connectivity index (χ2v) is 13.1. The van der Waals surface area contributed by atoms with Crippen molar-refractivity contribution >= 4 is 43.7 Å². The molecule has 0 radical (unpaired) electrons. The van der Waals surface area contributed by atoms with E-state index < -0.39 is 78.1 Å². The molecule has 0 bridgehead atoms. The van der Waals surface area contributed by atoms with Gasteiger partial charge < -0.3 is 8.98 Å². The lowest BCUT2D eigenvalue weighted by Gasteiger charge is -2.16. The van der Waals surface area contributed by atoms with Crippen LogP contribution in [0.2, 0.25) is 0 Å². The fraction of sp³-hybridized carbons (Fsp3) is 0. The first-order valence-electron chi connectivity index (χ1n) is 23.8. The SMILES string of the molecule is [2H]c1c([2H])c([2H])c(-c2c([2H])c([2H])c([2H])c3c2c2c([2H])c([2H])c([2H])c([2H])c2n3-c2ccc(-c3nc(-c4ccccc4)nc(-c4ccc5oc6ccccc6c5c4)n3)cc2-c2ccccc2)c([2H])c1[2H]. The van der Waals surface area contributed by atoms with Gasteiger partial charge in [-0.05, 0) is 71.2 Å². The van der Waals surface area contributed by atoms with Gasteiger partial charge in [0.15, 0.2) is 17.5 Å². The molecule has 0 saturated carbocycles. The summed E-state index contributed by atoms with van der Waals surface area (Å²) in [5.74, 6) is 1.09. The molecule has 11 rings (SSSR count). The molecule has 0 N–H and O–H groups in total. The molecule has 3 heterocycles. The highest BCUT2D eigenvalue weighted by Gasteiger charge is 2.20. The number of aromatic nitrogens is 4. The third kappa shape index (κ3) is 5.29. The molecular weight excluding hydrogens is 685 g/mol. The summed E-state index contributed by atoms with van der Waals surface area (Å²) in [6, 6.07) is 30.0. The quantitative estimate of drug-likeness (QED) is 0.171. The lowest BCUT2D eigenvalue weighted by Crippen LogP contribution is -2.02. The number of fused-ring (bicyclic) bond motifs is 6. The fourth-order valence-electron chi connectivity index (χ4n) is 7.31. The molecule has 8 aromatic carbocycles. The van der Waals surface area contributed by atoms with E-state index in [-0.39, 0.29) is 27.4 Å². The Morgan fingerprint density at radius 2 is 1.04 bits per heavy atom. The zero-order valence-corrected chi connectivity index (χ0v) is 29.2. The predicted octanol–water partition coefficient (Wildman–Crippen LogP) is 13.2. The molecule has 0 amide bonds. The zero-order chi connectivity index (χ0) is 47.4. The Balaban J connectivity index is 1.23. The third-order valence-corrected chi connectivity index (χ3v) is 9.85. The van der Waals surface area contributed by atoms with E-state index in [9.17, 15) is 5.48 Å². The number of benzene rings is 8. The van der Waals surface area contributed by atoms with Crippen molar-refractivity contribution in [3.05, 3.63) is 194 Å². The lowest BCUT2D eigenvalue weighted by atomic mass is 9.99. The number of nitrogens with zero attached hydrogens (tertiary/aromatic N) is 4. The Morgan fingerprint density at radius 3 is 1.84 bits per heavy atom. The fourth-order valence-corrected chi connectivity index (χ4v) is 7.31. The molecule has 0 aliphatic rings. The summed E-state index contributed by atoms with van der Waals surface area (Å²) in [6.07, 6.45) is 0. The lowest BCUT2D eigenvalue weighted by molar-refractivity contribution is 0.669. The van der Waals surface area contributed by atoms with Crippen LogP contribution in [0.4, 0.5) is 0 Å². The number of para-hydroxylation sites is 2. The van der Waals surface area contributed by atoms with Crippen LogP contribution in [0.3, 0.4) is 0 Å². The zero-order valence-electron chi connectivity index (χ0n) is 41.2. The highest BCUT2D eigenvalue weighted by Crippen LogP contribution is 2.42. The molecule has 262 valence electrons. The molecule has 5 heteroatoms. The number of furan rings is 1. The summed E-state index contributed by atoms with van der Waals surface area (Å²) in [5.41, 5.74) is 3.87. The smallest absolute Gasteiger partial charge is 0.164 e. The van der Waals surface area contributed by atoms with E-state index in [1.165, 1.54) is 4.57 Å². The minimum absolute atomic E-state index is 0.112. The van der Waals surface area contributed by atoms with Crippen molar-refractivity contribution in [1.82, 2.24) is 19.5 Å². The molecule has 0 saturated heterocycles. The van der Waals surface area contributed by atoms with Gasteiger partial charge in [0.05, 0.1) is 33.2 Å². The first kappa shape index (κ1) is 21.9. The molecule has 11 aromatic rings. The molecule has 5 nitrogen and oxygen atoms in total. The number of hydrogen-bond donors (Lipinski definition) is 0. The van der Waals surface area contributed by atoms with E-state index in [1.807, 2.05) is 109 Å². The second kappa shape index (κ2) is 13.0. The van der Waals surface area contributed by atoms with Crippen LogP contribution in [-0.4, -0.2) is 19.5 Å². The van der Waals surface area contributed by atoms with E-state index in [0.29, 0.717) is 51.0 Å². The maximum absolute atomic E-state index is 9.46. The van der Waals surface area contributed by atoms with Crippen LogP contribution >= 0.6 is 0 Å². The van der Waals surface area contributed by atoms with Gasteiger partial charge in [0, 0.05) is 43.8 Å². The largest absolute Gasteiger partial charge is 0.456 e. The van der Waals surface area contributed by atoms with Crippen molar-refractivity contribution in [1.29, 1.82) is 0 Å². The molecule has 0 aliphatic heterocycles. The minimum Gasteiger partial charge on any atom is -0.456 e. The summed E-state index contributed by atoms with van der Waals surface area (Å²) >= 11 is 0. The highest BCUT2D eigenvalue weighted by molar-refractivity contribution is 6.16. The number of hydrogen-bond acceptors (Lipinski definition) is 4. The van der Waals surface area contributed by atoms with Gasteiger partial charge in [-0.3, -0.25) is 0 Å². The first-order chi connectivity index (χ1) is 32.7. The van der Waals surface area contributed by atoms with Gasteiger partial charge in [-0.15, -0.1) is 0 Å². The molecular formula is C51H32N4O. The van der Waals surface area contributed by atoms with Gasteiger partial charge in [0.2, 0.25) is 0 Å².